The highest BCUT2D eigenvalue weighted by Crippen LogP contribution is 2.22. The molecule has 2 aromatic carbocycles. The molecule has 0 aromatic heterocycles. The second-order valence-corrected chi connectivity index (χ2v) is 7.58. The summed E-state index contributed by atoms with van der Waals surface area (Å²) in [5.74, 6) is 0.00756. The van der Waals surface area contributed by atoms with Crippen LogP contribution in [0.3, 0.4) is 0 Å². The van der Waals surface area contributed by atoms with Crippen LogP contribution in [-0.2, 0) is 16.2 Å². The van der Waals surface area contributed by atoms with E-state index in [0.29, 0.717) is 23.1 Å². The van der Waals surface area contributed by atoms with Crippen molar-refractivity contribution in [3.8, 4) is 5.75 Å². The zero-order valence-electron chi connectivity index (χ0n) is 16.0. The lowest BCUT2D eigenvalue weighted by Gasteiger charge is -2.24. The maximum atomic E-state index is 12.5. The summed E-state index contributed by atoms with van der Waals surface area (Å²) < 4.78 is 5.72. The van der Waals surface area contributed by atoms with Crippen molar-refractivity contribution in [3.05, 3.63) is 59.1 Å². The third kappa shape index (κ3) is 6.00. The number of nitrogens with one attached hydrogen (secondary N) is 2. The molecule has 0 fully saturated rings. The van der Waals surface area contributed by atoms with Crippen LogP contribution in [0.2, 0.25) is 5.02 Å². The topological polar surface area (TPSA) is 67.4 Å². The summed E-state index contributed by atoms with van der Waals surface area (Å²) in [6.45, 7) is 7.34. The third-order valence-electron chi connectivity index (χ3n) is 3.99. The minimum Gasteiger partial charge on any atom is -0.489 e. The van der Waals surface area contributed by atoms with Crippen molar-refractivity contribution in [3.63, 3.8) is 0 Å². The van der Waals surface area contributed by atoms with Crippen molar-refractivity contribution in [2.24, 2.45) is 5.41 Å². The number of rotatable bonds is 7. The van der Waals surface area contributed by atoms with Crippen LogP contribution >= 0.6 is 11.6 Å². The molecule has 0 saturated heterocycles. The van der Waals surface area contributed by atoms with Crippen molar-refractivity contribution in [1.29, 1.82) is 0 Å². The molecule has 0 saturated carbocycles. The number of hydrogen-bond donors (Lipinski definition) is 2. The fraction of sp³-hybridized carbons (Fsp3) is 0.333. The van der Waals surface area contributed by atoms with Gasteiger partial charge in [0.1, 0.15) is 17.8 Å². The minimum atomic E-state index is -1.17. The predicted octanol–water partition coefficient (Wildman–Crippen LogP) is 4.41. The average Bonchev–Trinajstić information content (AvgIpc) is 2.61. The Bertz CT molecular complexity index is 784. The van der Waals surface area contributed by atoms with Crippen molar-refractivity contribution < 1.29 is 14.3 Å². The number of ether oxygens (including phenoxy) is 1. The Morgan fingerprint density at radius 2 is 1.59 bits per heavy atom. The van der Waals surface area contributed by atoms with Gasteiger partial charge in [0.15, 0.2) is 0 Å². The molecule has 0 aliphatic carbocycles. The molecule has 0 spiro atoms. The molecule has 0 aliphatic heterocycles. The van der Waals surface area contributed by atoms with Crippen LogP contribution < -0.4 is 15.4 Å². The van der Waals surface area contributed by atoms with E-state index in [1.165, 1.54) is 0 Å². The molecule has 0 aliphatic rings. The van der Waals surface area contributed by atoms with Gasteiger partial charge in [-0.15, -0.1) is 0 Å². The number of carbonyl (C=O) groups excluding carboxylic acids is 2. The van der Waals surface area contributed by atoms with Gasteiger partial charge in [-0.2, -0.15) is 0 Å². The summed E-state index contributed by atoms with van der Waals surface area (Å²) in [7, 11) is 0. The molecule has 0 atom stereocenters. The number of benzene rings is 2. The van der Waals surface area contributed by atoms with Crippen molar-refractivity contribution in [2.75, 3.05) is 5.32 Å². The van der Waals surface area contributed by atoms with Crippen LogP contribution in [0.1, 0.15) is 33.3 Å². The molecule has 144 valence electrons. The largest absolute Gasteiger partial charge is 0.489 e. The van der Waals surface area contributed by atoms with E-state index in [0.717, 1.165) is 5.56 Å². The third-order valence-corrected chi connectivity index (χ3v) is 4.24. The fourth-order valence-electron chi connectivity index (χ4n) is 2.21. The predicted molar refractivity (Wildman–Crippen MR) is 108 cm³/mol. The lowest BCUT2D eigenvalue weighted by molar-refractivity contribution is -0.138. The van der Waals surface area contributed by atoms with E-state index in [1.807, 2.05) is 38.1 Å². The van der Waals surface area contributed by atoms with Gasteiger partial charge in [-0.25, -0.2) is 0 Å². The van der Waals surface area contributed by atoms with E-state index in [1.54, 1.807) is 38.1 Å². The van der Waals surface area contributed by atoms with E-state index in [-0.39, 0.29) is 17.9 Å². The minimum absolute atomic E-state index is 0.0263. The van der Waals surface area contributed by atoms with Gasteiger partial charge in [-0.05, 0) is 69.7 Å². The summed E-state index contributed by atoms with van der Waals surface area (Å²) >= 11 is 5.86. The van der Waals surface area contributed by atoms with E-state index in [4.69, 9.17) is 16.3 Å². The van der Waals surface area contributed by atoms with E-state index < -0.39 is 5.41 Å². The number of anilines is 1. The van der Waals surface area contributed by atoms with Crippen molar-refractivity contribution in [2.45, 2.75) is 40.3 Å². The van der Waals surface area contributed by atoms with Crippen LogP contribution in [0.15, 0.2) is 48.5 Å². The molecule has 2 N–H and O–H groups in total. The lowest BCUT2D eigenvalue weighted by atomic mass is 9.90. The number of halogens is 1. The van der Waals surface area contributed by atoms with Gasteiger partial charge in [0.25, 0.3) is 0 Å². The Labute approximate surface area is 165 Å². The lowest BCUT2D eigenvalue weighted by Crippen LogP contribution is -2.47. The zero-order valence-corrected chi connectivity index (χ0v) is 16.8. The Balaban J connectivity index is 1.93. The molecule has 0 unspecified atom stereocenters. The Morgan fingerprint density at radius 3 is 2.15 bits per heavy atom. The quantitative estimate of drug-likeness (QED) is 0.690. The van der Waals surface area contributed by atoms with Crippen LogP contribution in [0, 0.1) is 5.41 Å². The molecular formula is C21H25ClN2O3. The normalized spacial score (nSPS) is 11.2. The van der Waals surface area contributed by atoms with Gasteiger partial charge < -0.3 is 15.4 Å². The molecule has 5 nitrogen and oxygen atoms in total. The molecule has 2 rings (SSSR count). The second kappa shape index (κ2) is 8.91. The van der Waals surface area contributed by atoms with Gasteiger partial charge >= 0.3 is 0 Å². The highest BCUT2D eigenvalue weighted by molar-refractivity contribution is 6.30. The van der Waals surface area contributed by atoms with Gasteiger partial charge in [0.2, 0.25) is 11.8 Å². The molecular weight excluding hydrogens is 364 g/mol. The first kappa shape index (κ1) is 20.8. The average molecular weight is 389 g/mol. The molecule has 6 heteroatoms. The van der Waals surface area contributed by atoms with Gasteiger partial charge in [-0.1, -0.05) is 23.7 Å². The molecule has 0 bridgehead atoms. The smallest absolute Gasteiger partial charge is 0.239 e. The molecule has 0 radical (unpaired) electrons. The summed E-state index contributed by atoms with van der Waals surface area (Å²) in [6, 6.07) is 14.4. The van der Waals surface area contributed by atoms with Crippen LogP contribution in [0.4, 0.5) is 5.69 Å². The highest BCUT2D eigenvalue weighted by atomic mass is 35.5. The molecule has 2 amide bonds. The molecule has 27 heavy (non-hydrogen) atoms. The Kier molecular flexibility index (Phi) is 6.86. The van der Waals surface area contributed by atoms with Crippen molar-refractivity contribution >= 4 is 29.1 Å². The second-order valence-electron chi connectivity index (χ2n) is 7.15. The first-order valence-corrected chi connectivity index (χ1v) is 9.16. The fourth-order valence-corrected chi connectivity index (χ4v) is 2.34. The summed E-state index contributed by atoms with van der Waals surface area (Å²) in [5, 5.41) is 6.22. The van der Waals surface area contributed by atoms with E-state index in [9.17, 15) is 9.59 Å². The van der Waals surface area contributed by atoms with Gasteiger partial charge in [0.05, 0.1) is 0 Å². The standard InChI is InChI=1S/C21H25ClN2O3/c1-14(2)23-19(25)21(3,4)20(26)24-17-9-11-18(12-10-17)27-13-15-5-7-16(22)8-6-15/h5-12,14H,13H2,1-4H3,(H,23,25)(H,24,26). The van der Waals surface area contributed by atoms with E-state index >= 15 is 0 Å². The number of hydrogen-bond acceptors (Lipinski definition) is 3. The summed E-state index contributed by atoms with van der Waals surface area (Å²) in [6.07, 6.45) is 0. The van der Waals surface area contributed by atoms with E-state index in [2.05, 4.69) is 10.6 Å². The molecule has 0 heterocycles. The Morgan fingerprint density at radius 1 is 1.00 bits per heavy atom. The van der Waals surface area contributed by atoms with Crippen LogP contribution in [0.5, 0.6) is 5.75 Å². The van der Waals surface area contributed by atoms with Crippen LogP contribution in [-0.4, -0.2) is 17.9 Å². The molecule has 2 aromatic rings. The maximum Gasteiger partial charge on any atom is 0.239 e. The van der Waals surface area contributed by atoms with Crippen LogP contribution in [0.25, 0.3) is 0 Å². The number of amides is 2. The van der Waals surface area contributed by atoms with Gasteiger partial charge in [0, 0.05) is 16.8 Å². The SMILES string of the molecule is CC(C)NC(=O)C(C)(C)C(=O)Nc1ccc(OCc2ccc(Cl)cc2)cc1. The van der Waals surface area contributed by atoms with Gasteiger partial charge in [-0.3, -0.25) is 9.59 Å². The summed E-state index contributed by atoms with van der Waals surface area (Å²) in [5.41, 5.74) is 0.438. The maximum absolute atomic E-state index is 12.5. The Hall–Kier alpha value is -2.53. The first-order chi connectivity index (χ1) is 12.7. The first-order valence-electron chi connectivity index (χ1n) is 8.78. The number of carbonyl (C=O) groups is 2. The van der Waals surface area contributed by atoms with Crippen molar-refractivity contribution in [1.82, 2.24) is 5.32 Å². The highest BCUT2D eigenvalue weighted by Gasteiger charge is 2.36. The summed E-state index contributed by atoms with van der Waals surface area (Å²) in [4.78, 5) is 24.7. The monoisotopic (exact) mass is 388 g/mol. The zero-order chi connectivity index (χ0) is 20.0.